The molecule has 0 unspecified atom stereocenters. The minimum Gasteiger partial charge on any atom is -0.488 e. The Labute approximate surface area is 148 Å². The number of hydrogen-bond donors (Lipinski definition) is 1. The van der Waals surface area contributed by atoms with E-state index >= 15 is 0 Å². The highest BCUT2D eigenvalue weighted by Gasteiger charge is 2.35. The molecule has 1 aromatic carbocycles. The molecule has 1 N–H and O–H groups in total. The standard InChI is InChI=1S/C19H25N3O3/c1-22(13-14-11-20-19(24-2)21-12-14)16-9-6-10-17(18(16)23)25-15-7-4-3-5-8-15/h3-5,7-8,11-12,16-18,23H,6,9-10,13H2,1-2H3/t16-,17+,18+/m1/s1. The van der Waals surface area contributed by atoms with Crippen LogP contribution in [0.4, 0.5) is 0 Å². The molecule has 3 atom stereocenters. The summed E-state index contributed by atoms with van der Waals surface area (Å²) >= 11 is 0. The Hall–Kier alpha value is -2.18. The second-order valence-electron chi connectivity index (χ2n) is 6.45. The molecule has 25 heavy (non-hydrogen) atoms. The van der Waals surface area contributed by atoms with Crippen molar-refractivity contribution < 1.29 is 14.6 Å². The van der Waals surface area contributed by atoms with Crippen LogP contribution in [0.25, 0.3) is 0 Å². The lowest BCUT2D eigenvalue weighted by Crippen LogP contribution is -2.51. The van der Waals surface area contributed by atoms with Gasteiger partial charge in [0, 0.05) is 30.5 Å². The van der Waals surface area contributed by atoms with Crippen molar-refractivity contribution in [2.24, 2.45) is 0 Å². The molecule has 3 rings (SSSR count). The zero-order valence-electron chi connectivity index (χ0n) is 14.7. The molecule has 6 heteroatoms. The number of aliphatic hydroxyl groups excluding tert-OH is 1. The quantitative estimate of drug-likeness (QED) is 0.868. The fourth-order valence-corrected chi connectivity index (χ4v) is 3.34. The zero-order chi connectivity index (χ0) is 17.6. The second-order valence-corrected chi connectivity index (χ2v) is 6.45. The predicted molar refractivity (Wildman–Crippen MR) is 94.6 cm³/mol. The Morgan fingerprint density at radius 3 is 2.56 bits per heavy atom. The van der Waals surface area contributed by atoms with Crippen LogP contribution < -0.4 is 9.47 Å². The van der Waals surface area contributed by atoms with Crippen LogP contribution in [0.3, 0.4) is 0 Å². The summed E-state index contributed by atoms with van der Waals surface area (Å²) in [6, 6.07) is 10.1. The summed E-state index contributed by atoms with van der Waals surface area (Å²) in [4.78, 5) is 10.4. The van der Waals surface area contributed by atoms with Gasteiger partial charge in [-0.25, -0.2) is 9.97 Å². The zero-order valence-corrected chi connectivity index (χ0v) is 14.7. The molecule has 1 saturated carbocycles. The normalized spacial score (nSPS) is 23.4. The summed E-state index contributed by atoms with van der Waals surface area (Å²) in [6.45, 7) is 0.670. The van der Waals surface area contributed by atoms with Gasteiger partial charge in [0.15, 0.2) is 0 Å². The van der Waals surface area contributed by atoms with Crippen LogP contribution in [0.5, 0.6) is 11.8 Å². The van der Waals surface area contributed by atoms with Crippen molar-refractivity contribution in [3.63, 3.8) is 0 Å². The molecule has 134 valence electrons. The molecule has 2 aromatic rings. The van der Waals surface area contributed by atoms with Gasteiger partial charge in [-0.1, -0.05) is 18.2 Å². The summed E-state index contributed by atoms with van der Waals surface area (Å²) < 4.78 is 11.0. The largest absolute Gasteiger partial charge is 0.488 e. The van der Waals surface area contributed by atoms with Crippen molar-refractivity contribution in [3.8, 4) is 11.8 Å². The fraction of sp³-hybridized carbons (Fsp3) is 0.474. The molecule has 0 aliphatic heterocycles. The van der Waals surface area contributed by atoms with Gasteiger partial charge in [0.2, 0.25) is 0 Å². The molecule has 0 bridgehead atoms. The van der Waals surface area contributed by atoms with Crippen molar-refractivity contribution in [3.05, 3.63) is 48.3 Å². The number of rotatable bonds is 6. The average molecular weight is 343 g/mol. The van der Waals surface area contributed by atoms with Gasteiger partial charge in [-0.15, -0.1) is 0 Å². The molecule has 0 amide bonds. The number of benzene rings is 1. The maximum atomic E-state index is 10.8. The number of aromatic nitrogens is 2. The summed E-state index contributed by atoms with van der Waals surface area (Å²) in [5.74, 6) is 0.804. The number of aliphatic hydroxyl groups is 1. The Morgan fingerprint density at radius 1 is 1.16 bits per heavy atom. The van der Waals surface area contributed by atoms with Gasteiger partial charge in [-0.3, -0.25) is 4.90 Å². The Bertz CT molecular complexity index is 651. The maximum absolute atomic E-state index is 10.8. The van der Waals surface area contributed by atoms with Crippen LogP contribution in [0.2, 0.25) is 0 Å². The molecule has 1 aliphatic rings. The first-order chi connectivity index (χ1) is 12.2. The van der Waals surface area contributed by atoms with Gasteiger partial charge in [-0.2, -0.15) is 0 Å². The first-order valence-corrected chi connectivity index (χ1v) is 8.62. The van der Waals surface area contributed by atoms with E-state index in [0.717, 1.165) is 30.6 Å². The summed E-state index contributed by atoms with van der Waals surface area (Å²) in [5.41, 5.74) is 0.988. The molecule has 6 nitrogen and oxygen atoms in total. The number of ether oxygens (including phenoxy) is 2. The third-order valence-electron chi connectivity index (χ3n) is 4.66. The first kappa shape index (κ1) is 17.6. The lowest BCUT2D eigenvalue weighted by atomic mass is 9.88. The molecule has 0 saturated heterocycles. The van der Waals surface area contributed by atoms with E-state index in [9.17, 15) is 5.11 Å². The summed E-state index contributed by atoms with van der Waals surface area (Å²) in [6.07, 6.45) is 5.65. The summed E-state index contributed by atoms with van der Waals surface area (Å²) in [5, 5.41) is 10.8. The fourth-order valence-electron chi connectivity index (χ4n) is 3.34. The van der Waals surface area contributed by atoms with E-state index in [1.54, 1.807) is 19.5 Å². The van der Waals surface area contributed by atoms with Crippen molar-refractivity contribution in [2.45, 2.75) is 44.1 Å². The van der Waals surface area contributed by atoms with E-state index in [4.69, 9.17) is 9.47 Å². The molecule has 0 spiro atoms. The van der Waals surface area contributed by atoms with E-state index in [2.05, 4.69) is 14.9 Å². The number of likely N-dealkylation sites (N-methyl/N-ethyl adjacent to an activating group) is 1. The SMILES string of the molecule is COc1ncc(CN(C)[C@@H]2CCC[C@H](Oc3ccccc3)[C@H]2O)cn1. The number of para-hydroxylation sites is 1. The third-order valence-corrected chi connectivity index (χ3v) is 4.66. The Morgan fingerprint density at radius 2 is 1.88 bits per heavy atom. The van der Waals surface area contributed by atoms with Gasteiger partial charge in [0.1, 0.15) is 18.0 Å². The van der Waals surface area contributed by atoms with Crippen LogP contribution in [0.1, 0.15) is 24.8 Å². The van der Waals surface area contributed by atoms with Gasteiger partial charge in [0.05, 0.1) is 7.11 Å². The third kappa shape index (κ3) is 4.46. The molecule has 1 heterocycles. The monoisotopic (exact) mass is 343 g/mol. The average Bonchev–Trinajstić information content (AvgIpc) is 2.65. The molecular weight excluding hydrogens is 318 g/mol. The molecule has 0 radical (unpaired) electrons. The van der Waals surface area contributed by atoms with Gasteiger partial charge in [0.25, 0.3) is 0 Å². The predicted octanol–water partition coefficient (Wildman–Crippen LogP) is 2.28. The van der Waals surface area contributed by atoms with Crippen molar-refractivity contribution in [1.29, 1.82) is 0 Å². The van der Waals surface area contributed by atoms with E-state index < -0.39 is 6.10 Å². The second kappa shape index (κ2) is 8.27. The number of nitrogens with zero attached hydrogens (tertiary/aromatic N) is 3. The van der Waals surface area contributed by atoms with Crippen LogP contribution in [0, 0.1) is 0 Å². The molecule has 1 fully saturated rings. The van der Waals surface area contributed by atoms with Gasteiger partial charge in [-0.05, 0) is 38.4 Å². The van der Waals surface area contributed by atoms with Crippen molar-refractivity contribution in [2.75, 3.05) is 14.2 Å². The molecular formula is C19H25N3O3. The first-order valence-electron chi connectivity index (χ1n) is 8.62. The highest BCUT2D eigenvalue weighted by atomic mass is 16.5. The van der Waals surface area contributed by atoms with Crippen molar-refractivity contribution >= 4 is 0 Å². The highest BCUT2D eigenvalue weighted by molar-refractivity contribution is 5.21. The highest BCUT2D eigenvalue weighted by Crippen LogP contribution is 2.27. The van der Waals surface area contributed by atoms with Crippen LogP contribution in [-0.2, 0) is 6.54 Å². The Kier molecular flexibility index (Phi) is 5.83. The van der Waals surface area contributed by atoms with Gasteiger partial charge < -0.3 is 14.6 Å². The van der Waals surface area contributed by atoms with Crippen molar-refractivity contribution in [1.82, 2.24) is 14.9 Å². The minimum absolute atomic E-state index is 0.0459. The number of methoxy groups -OCH3 is 1. The minimum atomic E-state index is -0.530. The summed E-state index contributed by atoms with van der Waals surface area (Å²) in [7, 11) is 3.56. The van der Waals surface area contributed by atoms with Gasteiger partial charge >= 0.3 is 6.01 Å². The molecule has 1 aliphatic carbocycles. The smallest absolute Gasteiger partial charge is 0.316 e. The van der Waals surface area contributed by atoms with Crippen LogP contribution >= 0.6 is 0 Å². The topological polar surface area (TPSA) is 67.7 Å². The molecule has 1 aromatic heterocycles. The van der Waals surface area contributed by atoms with E-state index in [1.807, 2.05) is 37.4 Å². The van der Waals surface area contributed by atoms with E-state index in [1.165, 1.54) is 0 Å². The van der Waals surface area contributed by atoms with E-state index in [-0.39, 0.29) is 12.1 Å². The lowest BCUT2D eigenvalue weighted by molar-refractivity contribution is -0.0492. The van der Waals surface area contributed by atoms with Crippen LogP contribution in [-0.4, -0.2) is 52.4 Å². The lowest BCUT2D eigenvalue weighted by Gasteiger charge is -2.39. The van der Waals surface area contributed by atoms with Crippen LogP contribution in [0.15, 0.2) is 42.7 Å². The Balaban J connectivity index is 1.62. The maximum Gasteiger partial charge on any atom is 0.316 e. The number of hydrogen-bond acceptors (Lipinski definition) is 6. The van der Waals surface area contributed by atoms with E-state index in [0.29, 0.717) is 12.6 Å².